The Bertz CT molecular complexity index is 1030. The van der Waals surface area contributed by atoms with Crippen LogP contribution in [0.5, 0.6) is 0 Å². The van der Waals surface area contributed by atoms with Gasteiger partial charge in [0.15, 0.2) is 0 Å². The second-order valence-electron chi connectivity index (χ2n) is 6.11. The van der Waals surface area contributed by atoms with Crippen LogP contribution in [0.15, 0.2) is 73.1 Å². The van der Waals surface area contributed by atoms with E-state index in [0.717, 1.165) is 5.56 Å². The monoisotopic (exact) mass is 389 g/mol. The van der Waals surface area contributed by atoms with Crippen LogP contribution in [0.3, 0.4) is 0 Å². The molecule has 146 valence electrons. The fourth-order valence-corrected chi connectivity index (χ4v) is 2.66. The summed E-state index contributed by atoms with van der Waals surface area (Å²) in [5.41, 5.74) is 2.14. The fourth-order valence-electron chi connectivity index (χ4n) is 2.66. The standard InChI is InChI=1S/C22H19N3O4/c1-29-22(28)18-7-2-3-8-19(18)25-21(27)17-6-4-5-16(13-17)20(26)24-14-15-9-11-23-12-10-15/h2-13H,14H2,1H3,(H,24,26)(H,25,27). The molecule has 0 saturated heterocycles. The van der Waals surface area contributed by atoms with Crippen LogP contribution in [0.4, 0.5) is 5.69 Å². The highest BCUT2D eigenvalue weighted by atomic mass is 16.5. The smallest absolute Gasteiger partial charge is 0.339 e. The topological polar surface area (TPSA) is 97.4 Å². The number of nitrogens with zero attached hydrogens (tertiary/aromatic N) is 1. The Morgan fingerprint density at radius 1 is 0.897 bits per heavy atom. The number of hydrogen-bond acceptors (Lipinski definition) is 5. The third kappa shape index (κ3) is 5.04. The van der Waals surface area contributed by atoms with E-state index < -0.39 is 11.9 Å². The number of carbonyl (C=O) groups excluding carboxylic acids is 3. The average Bonchev–Trinajstić information content (AvgIpc) is 2.78. The van der Waals surface area contributed by atoms with Gasteiger partial charge in [-0.1, -0.05) is 18.2 Å². The van der Waals surface area contributed by atoms with E-state index in [1.54, 1.807) is 54.9 Å². The summed E-state index contributed by atoms with van der Waals surface area (Å²) in [5.74, 6) is -1.29. The van der Waals surface area contributed by atoms with Gasteiger partial charge in [0.2, 0.25) is 0 Å². The lowest BCUT2D eigenvalue weighted by atomic mass is 10.1. The number of aromatic nitrogens is 1. The first-order valence-electron chi connectivity index (χ1n) is 8.84. The number of benzene rings is 2. The van der Waals surface area contributed by atoms with Crippen molar-refractivity contribution >= 4 is 23.5 Å². The van der Waals surface area contributed by atoms with E-state index in [1.165, 1.54) is 13.2 Å². The minimum absolute atomic E-state index is 0.245. The van der Waals surface area contributed by atoms with Crippen molar-refractivity contribution in [1.82, 2.24) is 10.3 Å². The van der Waals surface area contributed by atoms with Crippen molar-refractivity contribution in [3.63, 3.8) is 0 Å². The van der Waals surface area contributed by atoms with Gasteiger partial charge in [-0.05, 0) is 48.0 Å². The maximum atomic E-state index is 12.6. The molecule has 0 aliphatic rings. The van der Waals surface area contributed by atoms with Crippen molar-refractivity contribution in [2.75, 3.05) is 12.4 Å². The fraction of sp³-hybridized carbons (Fsp3) is 0.0909. The van der Waals surface area contributed by atoms with Crippen LogP contribution in [0, 0.1) is 0 Å². The van der Waals surface area contributed by atoms with Crippen molar-refractivity contribution < 1.29 is 19.1 Å². The molecule has 0 unspecified atom stereocenters. The second-order valence-corrected chi connectivity index (χ2v) is 6.11. The van der Waals surface area contributed by atoms with Gasteiger partial charge in [0.05, 0.1) is 18.4 Å². The summed E-state index contributed by atoms with van der Waals surface area (Å²) in [7, 11) is 1.27. The average molecular weight is 389 g/mol. The Labute approximate surface area is 167 Å². The molecule has 7 nitrogen and oxygen atoms in total. The van der Waals surface area contributed by atoms with Gasteiger partial charge in [-0.15, -0.1) is 0 Å². The minimum Gasteiger partial charge on any atom is -0.465 e. The molecular formula is C22H19N3O4. The molecule has 1 heterocycles. The molecular weight excluding hydrogens is 370 g/mol. The summed E-state index contributed by atoms with van der Waals surface area (Å²) in [6.07, 6.45) is 3.30. The quantitative estimate of drug-likeness (QED) is 0.632. The highest BCUT2D eigenvalue weighted by Crippen LogP contribution is 2.17. The van der Waals surface area contributed by atoms with Crippen LogP contribution < -0.4 is 10.6 Å². The predicted molar refractivity (Wildman–Crippen MR) is 108 cm³/mol. The number of amides is 2. The van der Waals surface area contributed by atoms with E-state index in [2.05, 4.69) is 15.6 Å². The molecule has 0 aliphatic heterocycles. The lowest BCUT2D eigenvalue weighted by Crippen LogP contribution is -2.23. The zero-order valence-corrected chi connectivity index (χ0v) is 15.7. The predicted octanol–water partition coefficient (Wildman–Crippen LogP) is 3.05. The maximum Gasteiger partial charge on any atom is 0.339 e. The minimum atomic E-state index is -0.551. The van der Waals surface area contributed by atoms with E-state index in [1.807, 2.05) is 12.1 Å². The second kappa shape index (κ2) is 9.27. The van der Waals surface area contributed by atoms with Crippen molar-refractivity contribution in [1.29, 1.82) is 0 Å². The van der Waals surface area contributed by atoms with Crippen LogP contribution in [-0.4, -0.2) is 29.9 Å². The molecule has 1 aromatic heterocycles. The van der Waals surface area contributed by atoms with E-state index in [4.69, 9.17) is 4.74 Å². The number of ether oxygens (including phenoxy) is 1. The molecule has 2 aromatic carbocycles. The number of rotatable bonds is 6. The van der Waals surface area contributed by atoms with Gasteiger partial charge in [0, 0.05) is 30.1 Å². The van der Waals surface area contributed by atoms with E-state index >= 15 is 0 Å². The zero-order chi connectivity index (χ0) is 20.6. The number of esters is 1. The molecule has 29 heavy (non-hydrogen) atoms. The summed E-state index contributed by atoms with van der Waals surface area (Å²) in [6.45, 7) is 0.351. The van der Waals surface area contributed by atoms with Gasteiger partial charge in [-0.25, -0.2) is 4.79 Å². The summed E-state index contributed by atoms with van der Waals surface area (Å²) < 4.78 is 4.73. The lowest BCUT2D eigenvalue weighted by molar-refractivity contribution is 0.0601. The highest BCUT2D eigenvalue weighted by molar-refractivity contribution is 6.09. The van der Waals surface area contributed by atoms with Gasteiger partial charge < -0.3 is 15.4 Å². The summed E-state index contributed by atoms with van der Waals surface area (Å²) in [4.78, 5) is 40.8. The summed E-state index contributed by atoms with van der Waals surface area (Å²) in [5, 5.41) is 5.49. The number of methoxy groups -OCH3 is 1. The Morgan fingerprint density at radius 2 is 1.59 bits per heavy atom. The molecule has 0 fully saturated rings. The van der Waals surface area contributed by atoms with Crippen molar-refractivity contribution in [3.8, 4) is 0 Å². The molecule has 0 spiro atoms. The first kappa shape index (κ1) is 19.8. The SMILES string of the molecule is COC(=O)c1ccccc1NC(=O)c1cccc(C(=O)NCc2ccncc2)c1. The van der Waals surface area contributed by atoms with E-state index in [0.29, 0.717) is 23.4 Å². The Morgan fingerprint density at radius 3 is 2.31 bits per heavy atom. The normalized spacial score (nSPS) is 10.1. The third-order valence-corrected chi connectivity index (χ3v) is 4.17. The van der Waals surface area contributed by atoms with Crippen molar-refractivity contribution in [3.05, 3.63) is 95.3 Å². The number of anilines is 1. The number of carbonyl (C=O) groups is 3. The van der Waals surface area contributed by atoms with Gasteiger partial charge in [0.25, 0.3) is 11.8 Å². The van der Waals surface area contributed by atoms with Crippen molar-refractivity contribution in [2.45, 2.75) is 6.54 Å². The summed E-state index contributed by atoms with van der Waals surface area (Å²) in [6, 6.07) is 16.5. The molecule has 0 radical (unpaired) electrons. The third-order valence-electron chi connectivity index (χ3n) is 4.17. The number of pyridine rings is 1. The zero-order valence-electron chi connectivity index (χ0n) is 15.7. The van der Waals surface area contributed by atoms with Gasteiger partial charge >= 0.3 is 5.97 Å². The summed E-state index contributed by atoms with van der Waals surface area (Å²) >= 11 is 0. The van der Waals surface area contributed by atoms with E-state index in [-0.39, 0.29) is 11.5 Å². The molecule has 7 heteroatoms. The number of para-hydroxylation sites is 1. The molecule has 0 aliphatic carbocycles. The molecule has 2 N–H and O–H groups in total. The van der Waals surface area contributed by atoms with Gasteiger partial charge in [-0.3, -0.25) is 14.6 Å². The van der Waals surface area contributed by atoms with E-state index in [9.17, 15) is 14.4 Å². The highest BCUT2D eigenvalue weighted by Gasteiger charge is 2.15. The molecule has 0 bridgehead atoms. The van der Waals surface area contributed by atoms with Crippen LogP contribution in [-0.2, 0) is 11.3 Å². The first-order valence-corrected chi connectivity index (χ1v) is 8.84. The Kier molecular flexibility index (Phi) is 6.32. The first-order chi connectivity index (χ1) is 14.1. The molecule has 3 aromatic rings. The largest absolute Gasteiger partial charge is 0.465 e. The maximum absolute atomic E-state index is 12.6. The van der Waals surface area contributed by atoms with Crippen LogP contribution in [0.1, 0.15) is 36.6 Å². The van der Waals surface area contributed by atoms with Gasteiger partial charge in [-0.2, -0.15) is 0 Å². The van der Waals surface area contributed by atoms with Crippen LogP contribution in [0.25, 0.3) is 0 Å². The van der Waals surface area contributed by atoms with Crippen LogP contribution in [0.2, 0.25) is 0 Å². The lowest BCUT2D eigenvalue weighted by Gasteiger charge is -2.10. The number of nitrogens with one attached hydrogen (secondary N) is 2. The Balaban J connectivity index is 1.71. The molecule has 2 amide bonds. The molecule has 0 saturated carbocycles. The number of hydrogen-bond donors (Lipinski definition) is 2. The molecule has 3 rings (SSSR count). The van der Waals surface area contributed by atoms with Crippen LogP contribution >= 0.6 is 0 Å². The van der Waals surface area contributed by atoms with Gasteiger partial charge in [0.1, 0.15) is 0 Å². The Hall–Kier alpha value is -4.00. The van der Waals surface area contributed by atoms with Crippen molar-refractivity contribution in [2.24, 2.45) is 0 Å². The molecule has 0 atom stereocenters.